The highest BCUT2D eigenvalue weighted by Gasteiger charge is 2.50. The van der Waals surface area contributed by atoms with Crippen LogP contribution in [0.1, 0.15) is 252 Å². The molecule has 6 unspecified atom stereocenters. The Hall–Kier alpha value is -4.88. The van der Waals surface area contributed by atoms with Crippen LogP contribution in [0.4, 0.5) is 0 Å². The van der Waals surface area contributed by atoms with Crippen LogP contribution < -0.4 is 0 Å². The Morgan fingerprint density at radius 2 is 0.783 bits per heavy atom. The summed E-state index contributed by atoms with van der Waals surface area (Å²) in [6.45, 7) is 5.71. The molecule has 1 aliphatic rings. The Morgan fingerprint density at radius 3 is 1.20 bits per heavy atom. The van der Waals surface area contributed by atoms with Crippen molar-refractivity contribution in [3.63, 3.8) is 0 Å². The van der Waals surface area contributed by atoms with Crippen LogP contribution in [0, 0.1) is 0 Å². The molecule has 1 saturated heterocycles. The fourth-order valence-corrected chi connectivity index (χ4v) is 9.15. The number of ether oxygens (including phenoxy) is 5. The largest absolute Gasteiger partial charge is 0.479 e. The number of hydrogen-bond donors (Lipinski definition) is 3. The minimum absolute atomic E-state index is 0.0490. The Bertz CT molecular complexity index is 1900. The van der Waals surface area contributed by atoms with Crippen LogP contribution in [-0.4, -0.2) is 89.2 Å². The van der Waals surface area contributed by atoms with Crippen molar-refractivity contribution in [2.75, 3.05) is 13.2 Å². The smallest absolute Gasteiger partial charge is 0.335 e. The molecule has 470 valence electrons. The first-order valence-corrected chi connectivity index (χ1v) is 32.5. The van der Waals surface area contributed by atoms with Crippen molar-refractivity contribution in [1.82, 2.24) is 0 Å². The third-order valence-corrected chi connectivity index (χ3v) is 14.0. The highest BCUT2D eigenvalue weighted by molar-refractivity contribution is 5.74. The Labute approximate surface area is 503 Å². The summed E-state index contributed by atoms with van der Waals surface area (Å²) in [5.74, 6) is -3.25. The second-order valence-corrected chi connectivity index (χ2v) is 21.6. The summed E-state index contributed by atoms with van der Waals surface area (Å²) in [4.78, 5) is 51.3. The fourth-order valence-electron chi connectivity index (χ4n) is 9.15. The van der Waals surface area contributed by atoms with Gasteiger partial charge in [0.15, 0.2) is 24.6 Å². The molecule has 0 radical (unpaired) electrons. The van der Waals surface area contributed by atoms with E-state index < -0.39 is 67.3 Å². The van der Waals surface area contributed by atoms with Crippen molar-refractivity contribution in [2.24, 2.45) is 0 Å². The molecule has 1 heterocycles. The Balaban J connectivity index is 2.73. The minimum atomic E-state index is -1.92. The van der Waals surface area contributed by atoms with Gasteiger partial charge in [-0.05, 0) is 96.3 Å². The average Bonchev–Trinajstić information content (AvgIpc) is 3.58. The third-order valence-electron chi connectivity index (χ3n) is 14.0. The summed E-state index contributed by atoms with van der Waals surface area (Å²) in [7, 11) is 0. The third kappa shape index (κ3) is 47.1. The lowest BCUT2D eigenvalue weighted by atomic mass is 9.98. The summed E-state index contributed by atoms with van der Waals surface area (Å²) < 4.78 is 28.4. The van der Waals surface area contributed by atoms with Crippen molar-refractivity contribution in [3.05, 3.63) is 122 Å². The molecule has 12 heteroatoms. The molecule has 6 atom stereocenters. The van der Waals surface area contributed by atoms with Gasteiger partial charge in [0.1, 0.15) is 18.8 Å². The van der Waals surface area contributed by atoms with E-state index in [0.717, 1.165) is 128 Å². The van der Waals surface area contributed by atoms with E-state index in [1.807, 2.05) is 12.2 Å². The standard InChI is InChI=1S/C71H114O12/c1-4-7-10-13-16-19-22-25-28-30-32-34-37-39-42-45-48-51-54-57-63(72)79-60-62(81-64(73)58-55-52-49-46-43-41-38-35-33-31-29-26-23-20-17-14-11-8-5-2)61-80-71-69(67(76)66(75)68(83-71)70(77)78)82-65(74)59-56-53-50-47-44-40-36-27-24-21-18-15-12-9-6-3/h7-8,10-11,16-17,19-20,25-26,28-29,32-35,39,42,48,51,62,66-69,71,75-76H,4-6,9,12-15,18,21-24,27,30-31,36-38,40-41,43-47,49-50,52-61H2,1-3H3,(H,77,78)/b10-7-,11-8-,19-16-,20-17-,28-25-,29-26-,34-32-,35-33-,42-39-,51-48-. The number of esters is 3. The number of aliphatic carboxylic acids is 1. The van der Waals surface area contributed by atoms with E-state index in [4.69, 9.17) is 23.7 Å². The predicted molar refractivity (Wildman–Crippen MR) is 340 cm³/mol. The Kier molecular flexibility index (Phi) is 52.8. The number of carboxylic acid groups (broad SMARTS) is 1. The van der Waals surface area contributed by atoms with E-state index in [-0.39, 0.29) is 25.9 Å². The molecule has 1 rings (SSSR count). The van der Waals surface area contributed by atoms with Gasteiger partial charge in [-0.15, -0.1) is 0 Å². The summed E-state index contributed by atoms with van der Waals surface area (Å²) in [5.41, 5.74) is 0. The number of aliphatic hydroxyl groups excluding tert-OH is 2. The van der Waals surface area contributed by atoms with E-state index in [1.165, 1.54) is 64.2 Å². The van der Waals surface area contributed by atoms with Crippen LogP contribution in [0.25, 0.3) is 0 Å². The van der Waals surface area contributed by atoms with E-state index >= 15 is 0 Å². The van der Waals surface area contributed by atoms with E-state index in [9.17, 15) is 34.5 Å². The number of carboxylic acids is 1. The molecule has 0 bridgehead atoms. The predicted octanol–water partition coefficient (Wildman–Crippen LogP) is 17.6. The SMILES string of the molecule is CC/C=C\C/C=C\C/C=C\C/C=C\C/C=C\C/C=C\CCC(=O)OCC(COC1OC(C(=O)O)C(O)C(O)C1OC(=O)CCCCCCCCCCCCCCCCC)OC(=O)CCCCCCCC/C=C\C/C=C\C/C=C\C/C=C\CC. The monoisotopic (exact) mass is 1160 g/mol. The van der Waals surface area contributed by atoms with Gasteiger partial charge in [0.2, 0.25) is 0 Å². The number of carbonyl (C=O) groups is 4. The fraction of sp³-hybridized carbons (Fsp3) is 0.662. The first kappa shape index (κ1) is 76.1. The van der Waals surface area contributed by atoms with Gasteiger partial charge < -0.3 is 39.0 Å². The lowest BCUT2D eigenvalue weighted by Crippen LogP contribution is -2.61. The van der Waals surface area contributed by atoms with Crippen LogP contribution in [0.15, 0.2) is 122 Å². The van der Waals surface area contributed by atoms with Crippen LogP contribution in [0.2, 0.25) is 0 Å². The topological polar surface area (TPSA) is 175 Å². The zero-order valence-corrected chi connectivity index (χ0v) is 51.9. The van der Waals surface area contributed by atoms with E-state index in [2.05, 4.69) is 130 Å². The average molecular weight is 1160 g/mol. The van der Waals surface area contributed by atoms with Crippen molar-refractivity contribution < 1.29 is 58.2 Å². The zero-order chi connectivity index (χ0) is 60.3. The number of hydrogen-bond acceptors (Lipinski definition) is 11. The van der Waals surface area contributed by atoms with Crippen molar-refractivity contribution in [2.45, 2.75) is 289 Å². The van der Waals surface area contributed by atoms with Crippen molar-refractivity contribution in [1.29, 1.82) is 0 Å². The highest BCUT2D eigenvalue weighted by atomic mass is 16.7. The van der Waals surface area contributed by atoms with Gasteiger partial charge in [0.05, 0.1) is 6.61 Å². The van der Waals surface area contributed by atoms with Crippen LogP contribution >= 0.6 is 0 Å². The maximum absolute atomic E-state index is 13.2. The molecule has 0 saturated carbocycles. The maximum atomic E-state index is 13.2. The van der Waals surface area contributed by atoms with Gasteiger partial charge in [-0.1, -0.05) is 258 Å². The van der Waals surface area contributed by atoms with E-state index in [0.29, 0.717) is 19.3 Å². The van der Waals surface area contributed by atoms with Crippen molar-refractivity contribution in [3.8, 4) is 0 Å². The first-order chi connectivity index (χ1) is 40.6. The lowest BCUT2D eigenvalue weighted by Gasteiger charge is -2.40. The zero-order valence-electron chi connectivity index (χ0n) is 51.9. The second kappa shape index (κ2) is 57.5. The number of aliphatic hydroxyl groups is 2. The highest BCUT2D eigenvalue weighted by Crippen LogP contribution is 2.26. The molecule has 12 nitrogen and oxygen atoms in total. The minimum Gasteiger partial charge on any atom is -0.479 e. The van der Waals surface area contributed by atoms with Crippen LogP contribution in [0.5, 0.6) is 0 Å². The molecular formula is C71H114O12. The molecule has 0 aliphatic carbocycles. The maximum Gasteiger partial charge on any atom is 0.335 e. The quantitative estimate of drug-likeness (QED) is 0.0228. The lowest BCUT2D eigenvalue weighted by molar-refractivity contribution is -0.301. The molecule has 1 aliphatic heterocycles. The summed E-state index contributed by atoms with van der Waals surface area (Å²) in [5, 5.41) is 31.6. The van der Waals surface area contributed by atoms with Gasteiger partial charge >= 0.3 is 23.9 Å². The van der Waals surface area contributed by atoms with Crippen LogP contribution in [-0.2, 0) is 42.9 Å². The number of allylic oxidation sites excluding steroid dienone is 20. The molecule has 1 fully saturated rings. The second-order valence-electron chi connectivity index (χ2n) is 21.6. The molecule has 0 aromatic carbocycles. The molecule has 83 heavy (non-hydrogen) atoms. The van der Waals surface area contributed by atoms with Gasteiger partial charge in [-0.25, -0.2) is 4.79 Å². The summed E-state index contributed by atoms with van der Waals surface area (Å²) >= 11 is 0. The molecule has 0 aromatic heterocycles. The van der Waals surface area contributed by atoms with E-state index in [1.54, 1.807) is 0 Å². The summed E-state index contributed by atoms with van der Waals surface area (Å²) in [6.07, 6.45) is 67.4. The normalized spacial score (nSPS) is 18.4. The van der Waals surface area contributed by atoms with Gasteiger partial charge in [-0.3, -0.25) is 14.4 Å². The number of rotatable bonds is 54. The molecule has 3 N–H and O–H groups in total. The number of unbranched alkanes of at least 4 members (excludes halogenated alkanes) is 20. The van der Waals surface area contributed by atoms with Crippen molar-refractivity contribution >= 4 is 23.9 Å². The van der Waals surface area contributed by atoms with Gasteiger partial charge in [0, 0.05) is 19.3 Å². The van der Waals surface area contributed by atoms with Gasteiger partial charge in [0.25, 0.3) is 0 Å². The Morgan fingerprint density at radius 1 is 0.410 bits per heavy atom. The first-order valence-electron chi connectivity index (χ1n) is 32.5. The molecule has 0 spiro atoms. The van der Waals surface area contributed by atoms with Crippen LogP contribution in [0.3, 0.4) is 0 Å². The molecule has 0 amide bonds. The molecular weight excluding hydrogens is 1040 g/mol. The number of carbonyl (C=O) groups excluding carboxylic acids is 3. The molecule has 0 aromatic rings. The summed E-state index contributed by atoms with van der Waals surface area (Å²) in [6, 6.07) is 0. The van der Waals surface area contributed by atoms with Gasteiger partial charge in [-0.2, -0.15) is 0 Å².